The molecule has 0 N–H and O–H groups in total. The number of nitrogens with zero attached hydrogens (tertiary/aromatic N) is 5. The van der Waals surface area contributed by atoms with Crippen LogP contribution in [-0.4, -0.2) is 57.5 Å². The van der Waals surface area contributed by atoms with Crippen molar-refractivity contribution in [3.8, 4) is 0 Å². The lowest BCUT2D eigenvalue weighted by molar-refractivity contribution is 0.0600. The van der Waals surface area contributed by atoms with Gasteiger partial charge in [-0.05, 0) is 49.7 Å². The Morgan fingerprint density at radius 2 is 2.06 bits per heavy atom. The SMILES string of the molecule is COC(=O)c1ccc(CN(C)Cc2nnc(SCc3ccccn3)n2CC2CCCO2)cc1. The van der Waals surface area contributed by atoms with Crippen LogP contribution in [0.1, 0.15) is 40.3 Å². The molecule has 1 unspecified atom stereocenters. The van der Waals surface area contributed by atoms with E-state index in [0.29, 0.717) is 12.1 Å². The second-order valence-electron chi connectivity index (χ2n) is 8.11. The number of ether oxygens (including phenoxy) is 2. The molecule has 0 bridgehead atoms. The Morgan fingerprint density at radius 3 is 2.76 bits per heavy atom. The summed E-state index contributed by atoms with van der Waals surface area (Å²) >= 11 is 1.65. The highest BCUT2D eigenvalue weighted by atomic mass is 32.2. The summed E-state index contributed by atoms with van der Waals surface area (Å²) in [4.78, 5) is 18.2. The summed E-state index contributed by atoms with van der Waals surface area (Å²) in [5.74, 6) is 1.34. The lowest BCUT2D eigenvalue weighted by Gasteiger charge is -2.19. The molecule has 0 amide bonds. The third-order valence-corrected chi connectivity index (χ3v) is 6.52. The van der Waals surface area contributed by atoms with Crippen molar-refractivity contribution in [2.45, 2.75) is 49.5 Å². The molecule has 1 fully saturated rings. The normalized spacial score (nSPS) is 15.8. The molecule has 3 aromatic rings. The van der Waals surface area contributed by atoms with E-state index in [1.807, 2.05) is 36.5 Å². The highest BCUT2D eigenvalue weighted by Gasteiger charge is 2.22. The third kappa shape index (κ3) is 6.40. The van der Waals surface area contributed by atoms with Crippen molar-refractivity contribution in [3.63, 3.8) is 0 Å². The maximum atomic E-state index is 11.6. The smallest absolute Gasteiger partial charge is 0.337 e. The van der Waals surface area contributed by atoms with Gasteiger partial charge in [0.15, 0.2) is 5.16 Å². The van der Waals surface area contributed by atoms with Gasteiger partial charge in [0.05, 0.1) is 37.6 Å². The van der Waals surface area contributed by atoms with E-state index in [1.54, 1.807) is 23.9 Å². The molecule has 33 heavy (non-hydrogen) atoms. The lowest BCUT2D eigenvalue weighted by Crippen LogP contribution is -2.23. The number of carbonyl (C=O) groups is 1. The molecule has 0 aliphatic carbocycles. The Hall–Kier alpha value is -2.75. The zero-order valence-corrected chi connectivity index (χ0v) is 19.8. The zero-order valence-electron chi connectivity index (χ0n) is 19.0. The van der Waals surface area contributed by atoms with E-state index in [0.717, 1.165) is 60.5 Å². The summed E-state index contributed by atoms with van der Waals surface area (Å²) in [6.07, 6.45) is 4.17. The van der Waals surface area contributed by atoms with Gasteiger partial charge in [0.1, 0.15) is 5.82 Å². The van der Waals surface area contributed by atoms with Crippen LogP contribution in [0.15, 0.2) is 53.8 Å². The average Bonchev–Trinajstić information content (AvgIpc) is 3.49. The van der Waals surface area contributed by atoms with Crippen LogP contribution in [0.4, 0.5) is 0 Å². The van der Waals surface area contributed by atoms with Gasteiger partial charge in [0, 0.05) is 25.1 Å². The van der Waals surface area contributed by atoms with Crippen LogP contribution < -0.4 is 0 Å². The minimum Gasteiger partial charge on any atom is -0.465 e. The second-order valence-corrected chi connectivity index (χ2v) is 9.06. The summed E-state index contributed by atoms with van der Waals surface area (Å²) < 4.78 is 12.9. The molecule has 0 spiro atoms. The quantitative estimate of drug-likeness (QED) is 0.331. The fraction of sp³-hybridized carbons (Fsp3) is 0.417. The van der Waals surface area contributed by atoms with Gasteiger partial charge in [0.2, 0.25) is 0 Å². The van der Waals surface area contributed by atoms with Crippen molar-refractivity contribution in [1.82, 2.24) is 24.6 Å². The van der Waals surface area contributed by atoms with Gasteiger partial charge in [-0.3, -0.25) is 9.88 Å². The predicted molar refractivity (Wildman–Crippen MR) is 126 cm³/mol. The number of hydrogen-bond acceptors (Lipinski definition) is 8. The zero-order chi connectivity index (χ0) is 23.0. The van der Waals surface area contributed by atoms with Crippen LogP contribution in [-0.2, 0) is 34.9 Å². The van der Waals surface area contributed by atoms with E-state index in [9.17, 15) is 4.79 Å². The molecule has 9 heteroatoms. The fourth-order valence-corrected chi connectivity index (χ4v) is 4.70. The van der Waals surface area contributed by atoms with Crippen molar-refractivity contribution >= 4 is 17.7 Å². The highest BCUT2D eigenvalue weighted by Crippen LogP contribution is 2.24. The van der Waals surface area contributed by atoms with Crippen LogP contribution >= 0.6 is 11.8 Å². The Labute approximate surface area is 198 Å². The van der Waals surface area contributed by atoms with Crippen LogP contribution in [0.3, 0.4) is 0 Å². The Bertz CT molecular complexity index is 1040. The molecule has 0 saturated carbocycles. The molecule has 1 aliphatic rings. The minimum absolute atomic E-state index is 0.199. The monoisotopic (exact) mass is 467 g/mol. The van der Waals surface area contributed by atoms with E-state index in [-0.39, 0.29) is 12.1 Å². The first-order valence-corrected chi connectivity index (χ1v) is 12.0. The van der Waals surface area contributed by atoms with Gasteiger partial charge < -0.3 is 14.0 Å². The average molecular weight is 468 g/mol. The number of rotatable bonds is 10. The molecule has 1 atom stereocenters. The number of hydrogen-bond donors (Lipinski definition) is 0. The number of carbonyl (C=O) groups excluding carboxylic acids is 1. The first-order valence-electron chi connectivity index (χ1n) is 11.0. The first kappa shape index (κ1) is 23.4. The van der Waals surface area contributed by atoms with Crippen LogP contribution in [0.5, 0.6) is 0 Å². The number of methoxy groups -OCH3 is 1. The van der Waals surface area contributed by atoms with Crippen LogP contribution in [0, 0.1) is 0 Å². The van der Waals surface area contributed by atoms with E-state index in [2.05, 4.69) is 31.7 Å². The number of aromatic nitrogens is 4. The van der Waals surface area contributed by atoms with E-state index < -0.39 is 0 Å². The van der Waals surface area contributed by atoms with Crippen LogP contribution in [0.25, 0.3) is 0 Å². The van der Waals surface area contributed by atoms with Gasteiger partial charge in [0.25, 0.3) is 0 Å². The van der Waals surface area contributed by atoms with Crippen molar-refractivity contribution in [1.29, 1.82) is 0 Å². The lowest BCUT2D eigenvalue weighted by atomic mass is 10.1. The van der Waals surface area contributed by atoms with Gasteiger partial charge in [-0.1, -0.05) is 30.0 Å². The molecular formula is C24H29N5O3S. The van der Waals surface area contributed by atoms with E-state index in [4.69, 9.17) is 9.47 Å². The van der Waals surface area contributed by atoms with Crippen molar-refractivity contribution in [2.75, 3.05) is 20.8 Å². The van der Waals surface area contributed by atoms with Gasteiger partial charge >= 0.3 is 5.97 Å². The highest BCUT2D eigenvalue weighted by molar-refractivity contribution is 7.98. The minimum atomic E-state index is -0.326. The molecule has 4 rings (SSSR count). The van der Waals surface area contributed by atoms with Crippen molar-refractivity contribution in [3.05, 3.63) is 71.3 Å². The van der Waals surface area contributed by atoms with E-state index in [1.165, 1.54) is 7.11 Å². The fourth-order valence-electron chi connectivity index (χ4n) is 3.81. The van der Waals surface area contributed by atoms with Crippen molar-refractivity contribution in [2.24, 2.45) is 0 Å². The molecule has 174 valence electrons. The molecule has 1 aromatic carbocycles. The molecule has 2 aromatic heterocycles. The maximum absolute atomic E-state index is 11.6. The standard InChI is InChI=1S/C24H29N5O3S/c1-28(14-18-8-10-19(11-9-18)23(30)31-2)16-22-26-27-24(29(22)15-21-7-5-13-32-21)33-17-20-6-3-4-12-25-20/h3-4,6,8-12,21H,5,7,13-17H2,1-2H3. The second kappa shape index (κ2) is 11.4. The molecule has 0 radical (unpaired) electrons. The number of thioether (sulfide) groups is 1. The third-order valence-electron chi connectivity index (χ3n) is 5.52. The largest absolute Gasteiger partial charge is 0.465 e. The van der Waals surface area contributed by atoms with E-state index >= 15 is 0 Å². The van der Waals surface area contributed by atoms with Crippen LogP contribution in [0.2, 0.25) is 0 Å². The topological polar surface area (TPSA) is 82.4 Å². The first-order chi connectivity index (χ1) is 16.1. The molecule has 3 heterocycles. The summed E-state index contributed by atoms with van der Waals surface area (Å²) in [5, 5.41) is 9.89. The number of benzene rings is 1. The Morgan fingerprint density at radius 1 is 1.21 bits per heavy atom. The van der Waals surface area contributed by atoms with Gasteiger partial charge in [-0.25, -0.2) is 4.79 Å². The molecule has 1 aliphatic heterocycles. The predicted octanol–water partition coefficient (Wildman–Crippen LogP) is 3.56. The molecule has 1 saturated heterocycles. The van der Waals surface area contributed by atoms with Gasteiger partial charge in [-0.15, -0.1) is 10.2 Å². The van der Waals surface area contributed by atoms with Gasteiger partial charge in [-0.2, -0.15) is 0 Å². The molecular weight excluding hydrogens is 438 g/mol. The summed E-state index contributed by atoms with van der Waals surface area (Å²) in [5.41, 5.74) is 2.68. The summed E-state index contributed by atoms with van der Waals surface area (Å²) in [6, 6.07) is 13.4. The Kier molecular flexibility index (Phi) is 8.09. The number of esters is 1. The Balaban J connectivity index is 1.43. The summed E-state index contributed by atoms with van der Waals surface area (Å²) in [7, 11) is 3.44. The number of pyridine rings is 1. The maximum Gasteiger partial charge on any atom is 0.337 e. The summed E-state index contributed by atoms with van der Waals surface area (Å²) in [6.45, 7) is 2.96. The molecule has 8 nitrogen and oxygen atoms in total. The van der Waals surface area contributed by atoms with Crippen molar-refractivity contribution < 1.29 is 14.3 Å².